The van der Waals surface area contributed by atoms with Crippen LogP contribution in [0.4, 0.5) is 0 Å². The van der Waals surface area contributed by atoms with Crippen molar-refractivity contribution in [1.82, 2.24) is 20.4 Å². The zero-order valence-corrected chi connectivity index (χ0v) is 13.1. The molecule has 6 nitrogen and oxygen atoms in total. The average molecular weight is 294 g/mol. The van der Waals surface area contributed by atoms with Crippen molar-refractivity contribution in [3.05, 3.63) is 18.0 Å². The van der Waals surface area contributed by atoms with Gasteiger partial charge in [0.1, 0.15) is 0 Å². The number of carbonyl (C=O) groups excluding carboxylic acids is 1. The van der Waals surface area contributed by atoms with Gasteiger partial charge in [0.15, 0.2) is 0 Å². The number of hydrogen-bond acceptors (Lipinski definition) is 4. The smallest absolute Gasteiger partial charge is 0.220 e. The minimum atomic E-state index is -0.0179. The van der Waals surface area contributed by atoms with Crippen molar-refractivity contribution < 1.29 is 9.53 Å². The second-order valence-electron chi connectivity index (χ2n) is 5.55. The molecule has 2 heterocycles. The summed E-state index contributed by atoms with van der Waals surface area (Å²) in [6, 6.07) is 0.456. The Morgan fingerprint density at radius 2 is 2.38 bits per heavy atom. The molecule has 2 N–H and O–H groups in total. The van der Waals surface area contributed by atoms with Crippen LogP contribution in [0.25, 0.3) is 0 Å². The molecule has 3 atom stereocenters. The fourth-order valence-electron chi connectivity index (χ4n) is 2.72. The van der Waals surface area contributed by atoms with Gasteiger partial charge in [-0.2, -0.15) is 5.10 Å². The largest absolute Gasteiger partial charge is 0.380 e. The summed E-state index contributed by atoms with van der Waals surface area (Å²) in [5, 5.41) is 11.0. The van der Waals surface area contributed by atoms with E-state index in [4.69, 9.17) is 4.74 Å². The second kappa shape index (κ2) is 7.56. The molecule has 1 fully saturated rings. The third kappa shape index (κ3) is 4.28. The highest BCUT2D eigenvalue weighted by molar-refractivity contribution is 5.77. The zero-order chi connectivity index (χ0) is 15.2. The van der Waals surface area contributed by atoms with E-state index in [-0.39, 0.29) is 24.0 Å². The molecule has 0 radical (unpaired) electrons. The summed E-state index contributed by atoms with van der Waals surface area (Å²) in [7, 11) is 0. The van der Waals surface area contributed by atoms with E-state index in [0.29, 0.717) is 13.0 Å². The number of rotatable bonds is 7. The van der Waals surface area contributed by atoms with Gasteiger partial charge in [-0.1, -0.05) is 0 Å². The number of aromatic nitrogens is 2. The Labute approximate surface area is 126 Å². The summed E-state index contributed by atoms with van der Waals surface area (Å²) in [6.45, 7) is 8.39. The molecule has 1 aromatic heterocycles. The molecule has 1 saturated heterocycles. The maximum atomic E-state index is 11.7. The molecule has 0 aliphatic carbocycles. The first-order valence-electron chi connectivity index (χ1n) is 7.79. The summed E-state index contributed by atoms with van der Waals surface area (Å²) in [4.78, 5) is 11.7. The fraction of sp³-hybridized carbons (Fsp3) is 0.733. The number of ether oxygens (including phenoxy) is 1. The predicted octanol–water partition coefficient (Wildman–Crippen LogP) is 1.24. The normalized spacial score (nSPS) is 23.9. The van der Waals surface area contributed by atoms with Crippen LogP contribution >= 0.6 is 0 Å². The van der Waals surface area contributed by atoms with Gasteiger partial charge >= 0.3 is 0 Å². The Bertz CT molecular complexity index is 460. The maximum absolute atomic E-state index is 11.7. The summed E-state index contributed by atoms with van der Waals surface area (Å²) >= 11 is 0. The highest BCUT2D eigenvalue weighted by atomic mass is 16.5. The lowest BCUT2D eigenvalue weighted by Crippen LogP contribution is -2.51. The Hall–Kier alpha value is -1.40. The molecule has 0 bridgehead atoms. The number of aryl methyl sites for hydroxylation is 1. The standard InChI is InChI=1S/C15H26N4O2/c1-4-19-9-12(8-16-19)15-13(6-7-14(20)18-15)17-11(3)10-21-5-2/h8-9,11,13,15,17H,4-7,10H2,1-3H3,(H,18,20)/t11-,13+,15-/m0/s1. The fourth-order valence-corrected chi connectivity index (χ4v) is 2.72. The topological polar surface area (TPSA) is 68.2 Å². The third-order valence-corrected chi connectivity index (χ3v) is 3.81. The maximum Gasteiger partial charge on any atom is 0.220 e. The summed E-state index contributed by atoms with van der Waals surface area (Å²) in [5.41, 5.74) is 1.06. The molecule has 0 spiro atoms. The van der Waals surface area contributed by atoms with Crippen molar-refractivity contribution in [1.29, 1.82) is 0 Å². The summed E-state index contributed by atoms with van der Waals surface area (Å²) < 4.78 is 7.34. The number of piperidine rings is 1. The van der Waals surface area contributed by atoms with E-state index in [1.807, 2.05) is 24.0 Å². The first-order chi connectivity index (χ1) is 10.1. The van der Waals surface area contributed by atoms with Crippen LogP contribution in [0, 0.1) is 0 Å². The molecular formula is C15H26N4O2. The average Bonchev–Trinajstić information content (AvgIpc) is 2.95. The van der Waals surface area contributed by atoms with Gasteiger partial charge in [0.05, 0.1) is 18.8 Å². The number of amides is 1. The molecule has 1 aliphatic heterocycles. The lowest BCUT2D eigenvalue weighted by molar-refractivity contribution is -0.124. The third-order valence-electron chi connectivity index (χ3n) is 3.81. The molecule has 1 aromatic rings. The lowest BCUT2D eigenvalue weighted by Gasteiger charge is -2.34. The SMILES string of the molecule is CCOC[C@H](C)N[C@@H]1CCC(=O)N[C@H]1c1cnn(CC)c1. The monoisotopic (exact) mass is 294 g/mol. The summed E-state index contributed by atoms with van der Waals surface area (Å²) in [5.74, 6) is 0.111. The van der Waals surface area contributed by atoms with E-state index in [1.54, 1.807) is 0 Å². The first kappa shape index (κ1) is 16.0. The Kier molecular flexibility index (Phi) is 5.76. The van der Waals surface area contributed by atoms with Crippen molar-refractivity contribution in [2.24, 2.45) is 0 Å². The highest BCUT2D eigenvalue weighted by Crippen LogP contribution is 2.24. The Morgan fingerprint density at radius 1 is 1.57 bits per heavy atom. The number of nitrogens with one attached hydrogen (secondary N) is 2. The van der Waals surface area contributed by atoms with E-state index in [1.165, 1.54) is 0 Å². The van der Waals surface area contributed by atoms with E-state index < -0.39 is 0 Å². The zero-order valence-electron chi connectivity index (χ0n) is 13.1. The van der Waals surface area contributed by atoms with Crippen LogP contribution < -0.4 is 10.6 Å². The van der Waals surface area contributed by atoms with Crippen molar-refractivity contribution >= 4 is 5.91 Å². The molecule has 118 valence electrons. The van der Waals surface area contributed by atoms with Crippen LogP contribution in [-0.4, -0.2) is 41.0 Å². The molecule has 1 aliphatic rings. The van der Waals surface area contributed by atoms with Gasteiger partial charge in [-0.15, -0.1) is 0 Å². The molecule has 0 aromatic carbocycles. The van der Waals surface area contributed by atoms with Gasteiger partial charge in [0, 0.05) is 43.4 Å². The van der Waals surface area contributed by atoms with Crippen LogP contribution in [0.2, 0.25) is 0 Å². The van der Waals surface area contributed by atoms with Crippen LogP contribution in [-0.2, 0) is 16.1 Å². The predicted molar refractivity (Wildman–Crippen MR) is 80.9 cm³/mol. The second-order valence-corrected chi connectivity index (χ2v) is 5.55. The molecule has 0 saturated carbocycles. The van der Waals surface area contributed by atoms with Crippen LogP contribution in [0.5, 0.6) is 0 Å². The lowest BCUT2D eigenvalue weighted by atomic mass is 9.93. The van der Waals surface area contributed by atoms with E-state index in [0.717, 1.165) is 25.1 Å². The van der Waals surface area contributed by atoms with E-state index in [9.17, 15) is 4.79 Å². The molecule has 0 unspecified atom stereocenters. The first-order valence-corrected chi connectivity index (χ1v) is 7.79. The quantitative estimate of drug-likeness (QED) is 0.794. The van der Waals surface area contributed by atoms with Gasteiger partial charge < -0.3 is 15.4 Å². The number of carbonyl (C=O) groups is 1. The van der Waals surface area contributed by atoms with Gasteiger partial charge in [0.25, 0.3) is 0 Å². The highest BCUT2D eigenvalue weighted by Gasteiger charge is 2.31. The minimum Gasteiger partial charge on any atom is -0.380 e. The van der Waals surface area contributed by atoms with Crippen molar-refractivity contribution in [2.45, 2.75) is 58.3 Å². The molecule has 2 rings (SSSR count). The van der Waals surface area contributed by atoms with Gasteiger partial charge in [0.2, 0.25) is 5.91 Å². The molecule has 1 amide bonds. The van der Waals surface area contributed by atoms with Gasteiger partial charge in [-0.05, 0) is 27.2 Å². The van der Waals surface area contributed by atoms with Crippen LogP contribution in [0.1, 0.15) is 45.2 Å². The Balaban J connectivity index is 2.04. The van der Waals surface area contributed by atoms with Gasteiger partial charge in [-0.25, -0.2) is 0 Å². The number of nitrogens with zero attached hydrogens (tertiary/aromatic N) is 2. The van der Waals surface area contributed by atoms with Crippen molar-refractivity contribution in [2.75, 3.05) is 13.2 Å². The van der Waals surface area contributed by atoms with E-state index in [2.05, 4.69) is 29.6 Å². The van der Waals surface area contributed by atoms with Crippen LogP contribution in [0.15, 0.2) is 12.4 Å². The number of hydrogen-bond donors (Lipinski definition) is 2. The molecule has 21 heavy (non-hydrogen) atoms. The Morgan fingerprint density at radius 3 is 3.05 bits per heavy atom. The molecular weight excluding hydrogens is 268 g/mol. The van der Waals surface area contributed by atoms with Gasteiger partial charge in [-0.3, -0.25) is 9.48 Å². The van der Waals surface area contributed by atoms with E-state index >= 15 is 0 Å². The minimum absolute atomic E-state index is 0.0179. The summed E-state index contributed by atoms with van der Waals surface area (Å²) in [6.07, 6.45) is 5.27. The van der Waals surface area contributed by atoms with Crippen LogP contribution in [0.3, 0.4) is 0 Å². The molecule has 6 heteroatoms. The van der Waals surface area contributed by atoms with Crippen molar-refractivity contribution in [3.8, 4) is 0 Å². The van der Waals surface area contributed by atoms with Crippen molar-refractivity contribution in [3.63, 3.8) is 0 Å².